The van der Waals surface area contributed by atoms with Crippen molar-refractivity contribution < 1.29 is 9.59 Å². The van der Waals surface area contributed by atoms with Crippen molar-refractivity contribution in [1.29, 1.82) is 0 Å². The number of likely N-dealkylation sites (tertiary alicyclic amines) is 1. The van der Waals surface area contributed by atoms with Gasteiger partial charge in [-0.1, -0.05) is 31.7 Å². The van der Waals surface area contributed by atoms with Crippen LogP contribution in [0.5, 0.6) is 0 Å². The van der Waals surface area contributed by atoms with Crippen LogP contribution < -0.4 is 5.32 Å². The molecule has 7 nitrogen and oxygen atoms in total. The minimum Gasteiger partial charge on any atom is -0.347 e. The molecule has 0 radical (unpaired) electrons. The molecular formula is C21H25N5O2. The summed E-state index contributed by atoms with van der Waals surface area (Å²) in [7, 11) is 0. The van der Waals surface area contributed by atoms with Crippen LogP contribution in [-0.4, -0.2) is 50.3 Å². The molecule has 146 valence electrons. The minimum absolute atomic E-state index is 0.152. The maximum atomic E-state index is 12.6. The smallest absolute Gasteiger partial charge is 0.254 e. The molecule has 2 aromatic heterocycles. The molecule has 1 atom stereocenters. The lowest BCUT2D eigenvalue weighted by Crippen LogP contribution is -2.40. The third-order valence-electron chi connectivity index (χ3n) is 5.57. The van der Waals surface area contributed by atoms with Crippen LogP contribution in [0, 0.1) is 0 Å². The first-order valence-corrected chi connectivity index (χ1v) is 10.0. The quantitative estimate of drug-likeness (QED) is 0.825. The van der Waals surface area contributed by atoms with E-state index in [9.17, 15) is 9.59 Å². The molecule has 0 aromatic carbocycles. The highest BCUT2D eigenvalue weighted by molar-refractivity contribution is 5.94. The molecular weight excluding hydrogens is 354 g/mol. The number of amides is 2. The highest BCUT2D eigenvalue weighted by Gasteiger charge is 2.35. The second kappa shape index (κ2) is 8.46. The second-order valence-electron chi connectivity index (χ2n) is 7.58. The van der Waals surface area contributed by atoms with Gasteiger partial charge in [-0.05, 0) is 25.0 Å². The van der Waals surface area contributed by atoms with Gasteiger partial charge in [0, 0.05) is 37.6 Å². The zero-order chi connectivity index (χ0) is 19.3. The zero-order valence-corrected chi connectivity index (χ0v) is 15.9. The monoisotopic (exact) mass is 379 g/mol. The van der Waals surface area contributed by atoms with Crippen molar-refractivity contribution in [3.8, 4) is 11.5 Å². The maximum Gasteiger partial charge on any atom is 0.254 e. The molecule has 0 unspecified atom stereocenters. The fraction of sp³-hybridized carbons (Fsp3) is 0.476. The summed E-state index contributed by atoms with van der Waals surface area (Å²) in [6, 6.07) is 5.69. The fourth-order valence-electron chi connectivity index (χ4n) is 4.09. The summed E-state index contributed by atoms with van der Waals surface area (Å²) in [4.78, 5) is 39.7. The average molecular weight is 379 g/mol. The molecule has 2 amide bonds. The zero-order valence-electron chi connectivity index (χ0n) is 15.9. The van der Waals surface area contributed by atoms with Crippen molar-refractivity contribution >= 4 is 11.8 Å². The van der Waals surface area contributed by atoms with Crippen LogP contribution >= 0.6 is 0 Å². The van der Waals surface area contributed by atoms with Crippen LogP contribution in [0.15, 0.2) is 36.8 Å². The van der Waals surface area contributed by atoms with Crippen molar-refractivity contribution in [1.82, 2.24) is 25.2 Å². The Bertz CT molecular complexity index is 816. The third kappa shape index (κ3) is 4.18. The number of aromatic nitrogens is 3. The van der Waals surface area contributed by atoms with Crippen molar-refractivity contribution in [2.45, 2.75) is 57.0 Å². The van der Waals surface area contributed by atoms with E-state index >= 15 is 0 Å². The van der Waals surface area contributed by atoms with E-state index in [-0.39, 0.29) is 17.9 Å². The summed E-state index contributed by atoms with van der Waals surface area (Å²) >= 11 is 0. The van der Waals surface area contributed by atoms with Gasteiger partial charge in [0.15, 0.2) is 5.82 Å². The number of hydrogen-bond acceptors (Lipinski definition) is 5. The number of pyridine rings is 1. The van der Waals surface area contributed by atoms with E-state index in [4.69, 9.17) is 0 Å². The standard InChI is InChI=1S/C21H25N5O2/c27-19-11-16(14-26(19)17-7-3-1-2-4-8-17)25-21(28)15-12-23-20(24-13-15)18-9-5-6-10-22-18/h5-6,9-10,12-13,16-17H,1-4,7-8,11,14H2,(H,25,28)/t16-/m0/s1. The Morgan fingerprint density at radius 1 is 1.04 bits per heavy atom. The largest absolute Gasteiger partial charge is 0.347 e. The lowest BCUT2D eigenvalue weighted by atomic mass is 10.1. The highest BCUT2D eigenvalue weighted by atomic mass is 16.2. The van der Waals surface area contributed by atoms with E-state index in [2.05, 4.69) is 20.3 Å². The van der Waals surface area contributed by atoms with Crippen LogP contribution in [0.25, 0.3) is 11.5 Å². The van der Waals surface area contributed by atoms with Gasteiger partial charge in [-0.2, -0.15) is 0 Å². The Kier molecular flexibility index (Phi) is 5.60. The Hall–Kier alpha value is -2.83. The van der Waals surface area contributed by atoms with Gasteiger partial charge in [-0.3, -0.25) is 14.6 Å². The van der Waals surface area contributed by atoms with Gasteiger partial charge in [-0.15, -0.1) is 0 Å². The number of hydrogen-bond donors (Lipinski definition) is 1. The van der Waals surface area contributed by atoms with Crippen LogP contribution in [-0.2, 0) is 4.79 Å². The van der Waals surface area contributed by atoms with E-state index in [0.717, 1.165) is 12.8 Å². The summed E-state index contributed by atoms with van der Waals surface area (Å²) in [5, 5.41) is 2.97. The molecule has 1 saturated carbocycles. The molecule has 1 saturated heterocycles. The first-order chi connectivity index (χ1) is 13.7. The predicted molar refractivity (Wildman–Crippen MR) is 104 cm³/mol. The van der Waals surface area contributed by atoms with Gasteiger partial charge in [0.1, 0.15) is 5.69 Å². The van der Waals surface area contributed by atoms with Crippen molar-refractivity contribution in [2.24, 2.45) is 0 Å². The van der Waals surface area contributed by atoms with E-state index in [1.54, 1.807) is 6.20 Å². The van der Waals surface area contributed by atoms with E-state index in [0.29, 0.717) is 36.1 Å². The summed E-state index contributed by atoms with van der Waals surface area (Å²) in [6.07, 6.45) is 12.1. The SMILES string of the molecule is O=C(N[C@H]1CC(=O)N(C2CCCCCC2)C1)c1cnc(-c2ccccn2)nc1. The van der Waals surface area contributed by atoms with Crippen LogP contribution in [0.4, 0.5) is 0 Å². The molecule has 0 bridgehead atoms. The Morgan fingerprint density at radius 3 is 2.46 bits per heavy atom. The molecule has 28 heavy (non-hydrogen) atoms. The van der Waals surface area contributed by atoms with E-state index in [1.165, 1.54) is 38.1 Å². The Labute approximate surface area is 164 Å². The lowest BCUT2D eigenvalue weighted by molar-refractivity contribution is -0.129. The van der Waals surface area contributed by atoms with Crippen molar-refractivity contribution in [3.63, 3.8) is 0 Å². The number of nitrogens with one attached hydrogen (secondary N) is 1. The number of nitrogens with zero attached hydrogens (tertiary/aromatic N) is 4. The fourth-order valence-corrected chi connectivity index (χ4v) is 4.09. The molecule has 2 aliphatic rings. The van der Waals surface area contributed by atoms with Gasteiger partial charge in [0.25, 0.3) is 5.91 Å². The van der Waals surface area contributed by atoms with E-state index in [1.807, 2.05) is 23.1 Å². The molecule has 0 spiro atoms. The highest BCUT2D eigenvalue weighted by Crippen LogP contribution is 2.26. The van der Waals surface area contributed by atoms with Gasteiger partial charge < -0.3 is 10.2 Å². The number of rotatable bonds is 4. The van der Waals surface area contributed by atoms with Crippen LogP contribution in [0.2, 0.25) is 0 Å². The summed E-state index contributed by atoms with van der Waals surface area (Å²) in [5.41, 5.74) is 1.05. The molecule has 1 aliphatic carbocycles. The molecule has 2 fully saturated rings. The molecule has 2 aromatic rings. The Balaban J connectivity index is 1.36. The van der Waals surface area contributed by atoms with E-state index < -0.39 is 0 Å². The molecule has 1 aliphatic heterocycles. The number of carbonyl (C=O) groups is 2. The maximum absolute atomic E-state index is 12.6. The molecule has 1 N–H and O–H groups in total. The summed E-state index contributed by atoms with van der Waals surface area (Å²) < 4.78 is 0. The normalized spacial score (nSPS) is 20.8. The van der Waals surface area contributed by atoms with Gasteiger partial charge >= 0.3 is 0 Å². The lowest BCUT2D eigenvalue weighted by Gasteiger charge is -2.27. The third-order valence-corrected chi connectivity index (χ3v) is 5.57. The summed E-state index contributed by atoms with van der Waals surface area (Å²) in [6.45, 7) is 0.599. The van der Waals surface area contributed by atoms with Gasteiger partial charge in [-0.25, -0.2) is 9.97 Å². The second-order valence-corrected chi connectivity index (χ2v) is 7.58. The van der Waals surface area contributed by atoms with Crippen molar-refractivity contribution in [3.05, 3.63) is 42.4 Å². The Morgan fingerprint density at radius 2 is 1.79 bits per heavy atom. The minimum atomic E-state index is -0.243. The number of carbonyl (C=O) groups excluding carboxylic acids is 2. The van der Waals surface area contributed by atoms with Crippen LogP contribution in [0.3, 0.4) is 0 Å². The van der Waals surface area contributed by atoms with Gasteiger partial charge in [0.05, 0.1) is 11.6 Å². The van der Waals surface area contributed by atoms with Crippen LogP contribution in [0.1, 0.15) is 55.3 Å². The molecule has 3 heterocycles. The molecule has 7 heteroatoms. The first kappa shape index (κ1) is 18.5. The van der Waals surface area contributed by atoms with Crippen molar-refractivity contribution in [2.75, 3.05) is 6.54 Å². The molecule has 4 rings (SSSR count). The summed E-state index contributed by atoms with van der Waals surface area (Å²) in [5.74, 6) is 0.389. The van der Waals surface area contributed by atoms with Gasteiger partial charge in [0.2, 0.25) is 5.91 Å². The first-order valence-electron chi connectivity index (χ1n) is 10.0. The topological polar surface area (TPSA) is 88.1 Å². The predicted octanol–water partition coefficient (Wildman–Crippen LogP) is 2.59. The average Bonchev–Trinajstić information content (AvgIpc) is 2.93.